The van der Waals surface area contributed by atoms with Crippen molar-refractivity contribution in [3.05, 3.63) is 71.8 Å². The topological polar surface area (TPSA) is 310 Å². The summed E-state index contributed by atoms with van der Waals surface area (Å²) in [5, 5.41) is 13.1. The Hall–Kier alpha value is -5.67. The van der Waals surface area contributed by atoms with Gasteiger partial charge in [0.15, 0.2) is 11.6 Å². The van der Waals surface area contributed by atoms with E-state index in [4.69, 9.17) is 52.7 Å². The Labute approximate surface area is 591 Å². The van der Waals surface area contributed by atoms with Crippen LogP contribution in [0.1, 0.15) is 156 Å². The molecule has 7 unspecified atom stereocenters. The number of Topliss-reactive ketones (excluding diaryl/α,β-unsaturated/α-hetero) is 6. The molecule has 0 saturated heterocycles. The van der Waals surface area contributed by atoms with Gasteiger partial charge in [-0.2, -0.15) is 0 Å². The third-order valence-electron chi connectivity index (χ3n) is 16.1. The van der Waals surface area contributed by atoms with Crippen molar-refractivity contribution >= 4 is 148 Å². The molecular formula is C67H100B8N5O16PS. The van der Waals surface area contributed by atoms with Crippen molar-refractivity contribution in [2.45, 2.75) is 170 Å². The molecule has 0 bridgehead atoms. The predicted octanol–water partition coefficient (Wildman–Crippen LogP) is 4.34. The van der Waals surface area contributed by atoms with E-state index in [-0.39, 0.29) is 152 Å². The van der Waals surface area contributed by atoms with E-state index >= 15 is 0 Å². The van der Waals surface area contributed by atoms with Gasteiger partial charge in [0.1, 0.15) is 24.7 Å². The molecule has 0 aliphatic carbocycles. The molecule has 2 rings (SSSR count). The average Bonchev–Trinajstić information content (AvgIpc) is 0.842. The first-order valence-corrected chi connectivity index (χ1v) is 37.0. The number of hydrogen-bond donors (Lipinski definition) is 5. The number of amides is 5. The van der Waals surface area contributed by atoms with Gasteiger partial charge in [0.05, 0.1) is 39.0 Å². The molecule has 31 heteroatoms. The second-order valence-electron chi connectivity index (χ2n) is 25.1. The maximum absolute atomic E-state index is 14.3. The minimum absolute atomic E-state index is 0. The zero-order chi connectivity index (χ0) is 72.5. The summed E-state index contributed by atoms with van der Waals surface area (Å²) in [7, 11) is 26.4. The molecule has 0 fully saturated rings. The predicted molar refractivity (Wildman–Crippen MR) is 393 cm³/mol. The van der Waals surface area contributed by atoms with Gasteiger partial charge in [-0.15, -0.1) is 0 Å². The van der Waals surface area contributed by atoms with Crippen LogP contribution >= 0.6 is 16.5 Å². The molecule has 21 nitrogen and oxygen atoms in total. The molecule has 2 aromatic rings. The van der Waals surface area contributed by atoms with Crippen LogP contribution in [-0.2, 0) is 89.4 Å². The van der Waals surface area contributed by atoms with E-state index in [1.165, 1.54) is 7.11 Å². The first-order valence-electron chi connectivity index (χ1n) is 33.3. The summed E-state index contributed by atoms with van der Waals surface area (Å²) in [6.45, 7) is 11.3. The molecule has 0 heterocycles. The number of ketones is 6. The zero-order valence-corrected chi connectivity index (χ0v) is 59.5. The van der Waals surface area contributed by atoms with E-state index in [2.05, 4.69) is 26.6 Å². The van der Waals surface area contributed by atoms with Crippen molar-refractivity contribution in [1.82, 2.24) is 26.6 Å². The van der Waals surface area contributed by atoms with Crippen molar-refractivity contribution in [3.8, 4) is 0 Å². The van der Waals surface area contributed by atoms with E-state index in [9.17, 15) is 62.3 Å². The number of hydrogen-bond acceptors (Lipinski definition) is 16. The molecule has 98 heavy (non-hydrogen) atoms. The minimum atomic E-state index is -2.77. The van der Waals surface area contributed by atoms with Crippen LogP contribution in [-0.4, -0.2) is 210 Å². The fourth-order valence-corrected chi connectivity index (χ4v) is 12.5. The van der Waals surface area contributed by atoms with Gasteiger partial charge in [0.25, 0.3) is 0 Å². The van der Waals surface area contributed by atoms with Crippen LogP contribution in [0.2, 0.25) is 0 Å². The molecule has 0 aromatic heterocycles. The molecule has 0 saturated carbocycles. The van der Waals surface area contributed by atoms with Gasteiger partial charge >= 0.3 is 193 Å². The normalized spacial score (nSPS) is 13.3. The number of carbonyl (C=O) groups excluding carboxylic acids is 13. The molecule has 5 amide bonds. The van der Waals surface area contributed by atoms with Gasteiger partial charge in [-0.3, -0.25) is 43.2 Å². The number of benzene rings is 2. The quantitative estimate of drug-likeness (QED) is 0.0350. The van der Waals surface area contributed by atoms with Crippen LogP contribution in [0.3, 0.4) is 0 Å². The van der Waals surface area contributed by atoms with Gasteiger partial charge in [-0.25, -0.2) is 0 Å². The summed E-state index contributed by atoms with van der Waals surface area (Å²) < 4.78 is 15.8. The SMILES string of the molecule is C.[B]B=S(=B[B])(B([B])[B])C(=O)CCC(=O)C(CC(C)C)NC(=O)C(CC(=O)CNC(=O)C(CCC(=O)NCC(=O)CC(Cc1ccccc1)C(=O)NC(CC(C)C)C(=O)CCC(=O)P([B])C)CC(=O)CCC(CCC(=O)CCOCC)C(=O)NCCOCCOC)Cc1ccccc1. The Balaban J connectivity index is 0.0000480. The summed E-state index contributed by atoms with van der Waals surface area (Å²) in [6, 6.07) is 17.8. The molecule has 0 aliphatic rings. The number of carbonyl (C=O) groups is 13. The smallest absolute Gasteiger partial charge is 0.0622 e. The van der Waals surface area contributed by atoms with Crippen molar-refractivity contribution in [2.75, 3.05) is 66.4 Å². The summed E-state index contributed by atoms with van der Waals surface area (Å²) in [5.41, 5.74) is 1.18. The second-order valence-corrected chi connectivity index (χ2v) is 29.9. The molecular weight excluding hydrogens is 1280 g/mol. The standard InChI is InChI=1S/C66H96B8N5O16PS.CH4/c1-8-94-31-29-52(80)22-19-48(63(89)75-30-32-95-34-33-93-6)20-23-53(81)39-49(21-26-60(86)76-42-54(82)40-50(37-46-15-11-9-12-16-46)65(91)78-56(35-44(2)3)58(84)24-27-61(87)96(7)71)64(90)77-43-55(83)41-51(38-47-17-13-10-14-18-47)66(92)79-57(36-45(4)5)59(85)25-28-62(88)97(72-67,73-68)74(69)70;/h9-18,44-45,48-51,56-57H,8,19-43H2,1-7H3,(H,75,89)(H,76,86)(H,77,90)(H,78,91)(H,79,92);1H4. The Morgan fingerprint density at radius 2 is 1.00 bits per heavy atom. The molecule has 10 radical (unpaired) electrons. The first kappa shape index (κ1) is 90.3. The van der Waals surface area contributed by atoms with Gasteiger partial charge in [0, 0.05) is 89.4 Å². The van der Waals surface area contributed by atoms with E-state index in [0.29, 0.717) is 25.4 Å². The Bertz CT molecular complexity index is 3020. The van der Waals surface area contributed by atoms with E-state index < -0.39 is 148 Å². The Kier molecular flexibility index (Phi) is 46.7. The van der Waals surface area contributed by atoms with Gasteiger partial charge < -0.3 is 35.5 Å². The fraction of sp³-hybridized carbons (Fsp3) is 0.627. The van der Waals surface area contributed by atoms with Crippen LogP contribution in [0.5, 0.6) is 0 Å². The third-order valence-corrected chi connectivity index (χ3v) is 19.9. The van der Waals surface area contributed by atoms with Crippen LogP contribution < -0.4 is 26.6 Å². The maximum atomic E-state index is 14.3. The zero-order valence-electron chi connectivity index (χ0n) is 57.8. The fourth-order valence-electron chi connectivity index (χ4n) is 10.5. The van der Waals surface area contributed by atoms with Crippen molar-refractivity contribution in [1.29, 1.82) is 0 Å². The Morgan fingerprint density at radius 1 is 0.531 bits per heavy atom. The van der Waals surface area contributed by atoms with Crippen LogP contribution in [0.4, 0.5) is 0 Å². The number of ether oxygens (including phenoxy) is 3. The van der Waals surface area contributed by atoms with E-state index in [1.807, 2.05) is 27.7 Å². The van der Waals surface area contributed by atoms with Gasteiger partial charge in [-0.05, 0) is 57.2 Å². The van der Waals surface area contributed by atoms with Crippen LogP contribution in [0.15, 0.2) is 60.7 Å². The molecule has 0 spiro atoms. The van der Waals surface area contributed by atoms with Crippen LogP contribution in [0.25, 0.3) is 0 Å². The minimum Gasteiger partial charge on any atom is -0.0622 e. The second kappa shape index (κ2) is 50.6. The number of nitrogens with one attached hydrogen (secondary N) is 5. The summed E-state index contributed by atoms with van der Waals surface area (Å²) >= 11 is 0. The molecule has 5 N–H and O–H groups in total. The number of rotatable bonds is 53. The van der Waals surface area contributed by atoms with Crippen molar-refractivity contribution < 1.29 is 76.5 Å². The van der Waals surface area contributed by atoms with Crippen LogP contribution in [0, 0.1) is 35.5 Å². The molecule has 524 valence electrons. The molecule has 2 aromatic carbocycles. The van der Waals surface area contributed by atoms with Gasteiger partial charge in [-0.1, -0.05) is 77.6 Å². The molecule has 0 aliphatic heterocycles. The average molecular weight is 1380 g/mol. The summed E-state index contributed by atoms with van der Waals surface area (Å²) in [5.74, 6) is -11.1. The van der Waals surface area contributed by atoms with E-state index in [1.54, 1.807) is 74.3 Å². The Morgan fingerprint density at radius 3 is 1.47 bits per heavy atom. The number of methoxy groups -OCH3 is 1. The van der Waals surface area contributed by atoms with Crippen molar-refractivity contribution in [3.63, 3.8) is 0 Å². The van der Waals surface area contributed by atoms with Crippen molar-refractivity contribution in [2.24, 2.45) is 35.5 Å². The summed E-state index contributed by atoms with van der Waals surface area (Å²) in [4.78, 5) is 177. The van der Waals surface area contributed by atoms with E-state index in [0.717, 1.165) is 17.7 Å². The third kappa shape index (κ3) is 36.6. The molecule has 7 atom stereocenters. The summed E-state index contributed by atoms with van der Waals surface area (Å²) in [6.07, 6.45) is -2.00. The first-order chi connectivity index (χ1) is 46.1. The van der Waals surface area contributed by atoms with Gasteiger partial charge in [0.2, 0.25) is 23.6 Å². The monoisotopic (exact) mass is 1380 g/mol.